The molecule has 2 unspecified atom stereocenters. The number of ether oxygens (including phenoxy) is 1. The number of hydrogen-bond acceptors (Lipinski definition) is 6. The van der Waals surface area contributed by atoms with Gasteiger partial charge in [0, 0.05) is 32.1 Å². The SMILES string of the molecule is COC1CN(c2cc(C(=O)O)ccn2)CCC1NC(=O)c1[nH]c(C)c(Cl)c1C#N. The van der Waals surface area contributed by atoms with E-state index in [1.807, 2.05) is 11.0 Å². The highest BCUT2D eigenvalue weighted by atomic mass is 35.5. The number of nitriles is 1. The van der Waals surface area contributed by atoms with Crippen molar-refractivity contribution in [1.29, 1.82) is 5.26 Å². The second-order valence-corrected chi connectivity index (χ2v) is 7.10. The summed E-state index contributed by atoms with van der Waals surface area (Å²) in [4.78, 5) is 32.9. The van der Waals surface area contributed by atoms with Crippen molar-refractivity contribution in [1.82, 2.24) is 15.3 Å². The number of aromatic amines is 1. The fourth-order valence-electron chi connectivity index (χ4n) is 3.37. The van der Waals surface area contributed by atoms with Crippen molar-refractivity contribution >= 4 is 29.3 Å². The zero-order chi connectivity index (χ0) is 21.1. The molecular weight excluding hydrogens is 398 g/mol. The van der Waals surface area contributed by atoms with E-state index in [1.165, 1.54) is 18.3 Å². The van der Waals surface area contributed by atoms with Gasteiger partial charge in [0.2, 0.25) is 0 Å². The van der Waals surface area contributed by atoms with E-state index in [2.05, 4.69) is 15.3 Å². The Hall–Kier alpha value is -3.09. The Balaban J connectivity index is 1.73. The first-order valence-electron chi connectivity index (χ1n) is 8.91. The normalized spacial score (nSPS) is 18.9. The van der Waals surface area contributed by atoms with Crippen LogP contribution >= 0.6 is 11.6 Å². The van der Waals surface area contributed by atoms with E-state index in [4.69, 9.17) is 21.4 Å². The molecule has 1 aliphatic heterocycles. The van der Waals surface area contributed by atoms with Crippen molar-refractivity contribution in [3.63, 3.8) is 0 Å². The van der Waals surface area contributed by atoms with Crippen LogP contribution < -0.4 is 10.2 Å². The number of nitrogens with zero attached hydrogens (tertiary/aromatic N) is 3. The lowest BCUT2D eigenvalue weighted by Gasteiger charge is -2.38. The van der Waals surface area contributed by atoms with E-state index in [1.54, 1.807) is 14.0 Å². The molecule has 1 fully saturated rings. The first kappa shape index (κ1) is 20.6. The number of halogens is 1. The first-order valence-corrected chi connectivity index (χ1v) is 9.29. The van der Waals surface area contributed by atoms with Gasteiger partial charge in [-0.2, -0.15) is 5.26 Å². The number of hydrogen-bond donors (Lipinski definition) is 3. The molecular formula is C19H20ClN5O4. The van der Waals surface area contributed by atoms with Crippen molar-refractivity contribution in [2.24, 2.45) is 0 Å². The van der Waals surface area contributed by atoms with Gasteiger partial charge in [-0.1, -0.05) is 11.6 Å². The molecule has 3 rings (SSSR count). The summed E-state index contributed by atoms with van der Waals surface area (Å²) >= 11 is 6.06. The quantitative estimate of drug-likeness (QED) is 0.677. The highest BCUT2D eigenvalue weighted by Gasteiger charge is 2.32. The van der Waals surface area contributed by atoms with Crippen LogP contribution in [-0.2, 0) is 4.74 Å². The van der Waals surface area contributed by atoms with Crippen molar-refractivity contribution < 1.29 is 19.4 Å². The van der Waals surface area contributed by atoms with Crippen LogP contribution in [-0.4, -0.2) is 59.3 Å². The number of piperidine rings is 1. The van der Waals surface area contributed by atoms with Crippen LogP contribution in [0.3, 0.4) is 0 Å². The zero-order valence-corrected chi connectivity index (χ0v) is 16.7. The van der Waals surface area contributed by atoms with Gasteiger partial charge in [0.25, 0.3) is 5.91 Å². The van der Waals surface area contributed by atoms with Gasteiger partial charge in [-0.15, -0.1) is 0 Å². The van der Waals surface area contributed by atoms with Gasteiger partial charge in [0.1, 0.15) is 23.1 Å². The van der Waals surface area contributed by atoms with Crippen molar-refractivity contribution in [2.45, 2.75) is 25.5 Å². The minimum Gasteiger partial charge on any atom is -0.478 e. The van der Waals surface area contributed by atoms with Crippen LogP contribution in [0.15, 0.2) is 18.3 Å². The van der Waals surface area contributed by atoms with E-state index in [0.717, 1.165) is 0 Å². The molecule has 0 bridgehead atoms. The first-order chi connectivity index (χ1) is 13.8. The average molecular weight is 418 g/mol. The standard InChI is InChI=1S/C19H20ClN5O4/c1-10-16(20)12(8-21)17(23-10)18(26)24-13-4-6-25(9-14(13)29-2)15-7-11(19(27)28)3-5-22-15/h3,5,7,13-14,23H,4,6,9H2,1-2H3,(H,24,26)(H,27,28). The van der Waals surface area contributed by atoms with Crippen molar-refractivity contribution in [3.8, 4) is 6.07 Å². The molecule has 10 heteroatoms. The predicted octanol–water partition coefficient (Wildman–Crippen LogP) is 1.97. The summed E-state index contributed by atoms with van der Waals surface area (Å²) in [7, 11) is 1.55. The summed E-state index contributed by atoms with van der Waals surface area (Å²) in [5.74, 6) is -0.911. The number of carboxylic acids is 1. The third-order valence-corrected chi connectivity index (χ3v) is 5.42. The summed E-state index contributed by atoms with van der Waals surface area (Å²) in [6, 6.07) is 4.60. The predicted molar refractivity (Wildman–Crippen MR) is 105 cm³/mol. The van der Waals surface area contributed by atoms with Crippen LogP contribution in [0.1, 0.15) is 38.5 Å². The van der Waals surface area contributed by atoms with E-state index in [9.17, 15) is 14.9 Å². The molecule has 2 aromatic heterocycles. The molecule has 152 valence electrons. The third kappa shape index (κ3) is 4.18. The van der Waals surface area contributed by atoms with Crippen LogP contribution in [0, 0.1) is 18.3 Å². The monoisotopic (exact) mass is 417 g/mol. The highest BCUT2D eigenvalue weighted by molar-refractivity contribution is 6.33. The summed E-state index contributed by atoms with van der Waals surface area (Å²) in [6.07, 6.45) is 1.66. The maximum absolute atomic E-state index is 12.7. The number of aromatic carboxylic acids is 1. The second-order valence-electron chi connectivity index (χ2n) is 6.72. The Bertz CT molecular complexity index is 983. The summed E-state index contributed by atoms with van der Waals surface area (Å²) < 4.78 is 5.55. The van der Waals surface area contributed by atoms with Crippen LogP contribution in [0.5, 0.6) is 0 Å². The van der Waals surface area contributed by atoms with E-state index in [0.29, 0.717) is 31.0 Å². The minimum absolute atomic E-state index is 0.114. The van der Waals surface area contributed by atoms with Crippen molar-refractivity contribution in [3.05, 3.63) is 45.9 Å². The average Bonchev–Trinajstić information content (AvgIpc) is 3.02. The molecule has 2 atom stereocenters. The number of anilines is 1. The van der Waals surface area contributed by atoms with E-state index >= 15 is 0 Å². The van der Waals surface area contributed by atoms with E-state index in [-0.39, 0.29) is 34.0 Å². The minimum atomic E-state index is -1.02. The Morgan fingerprint density at radius 3 is 2.93 bits per heavy atom. The number of carbonyl (C=O) groups excluding carboxylic acids is 1. The smallest absolute Gasteiger partial charge is 0.335 e. The molecule has 1 saturated heterocycles. The van der Waals surface area contributed by atoms with Gasteiger partial charge in [-0.3, -0.25) is 4.79 Å². The number of nitrogens with one attached hydrogen (secondary N) is 2. The molecule has 29 heavy (non-hydrogen) atoms. The van der Waals surface area contributed by atoms with Gasteiger partial charge >= 0.3 is 5.97 Å². The Morgan fingerprint density at radius 2 is 2.28 bits per heavy atom. The number of rotatable bonds is 5. The lowest BCUT2D eigenvalue weighted by molar-refractivity contribution is 0.0538. The topological polar surface area (TPSA) is 131 Å². The maximum atomic E-state index is 12.7. The maximum Gasteiger partial charge on any atom is 0.335 e. The largest absolute Gasteiger partial charge is 0.478 e. The lowest BCUT2D eigenvalue weighted by atomic mass is 10.0. The van der Waals surface area contributed by atoms with Gasteiger partial charge in [-0.05, 0) is 25.5 Å². The number of methoxy groups -OCH3 is 1. The molecule has 9 nitrogen and oxygen atoms in total. The Labute approximate surface area is 172 Å². The van der Waals surface area contributed by atoms with Crippen LogP contribution in [0.2, 0.25) is 5.02 Å². The van der Waals surface area contributed by atoms with Crippen LogP contribution in [0.25, 0.3) is 0 Å². The second kappa shape index (κ2) is 8.51. The number of H-pyrrole nitrogens is 1. The number of carboxylic acid groups (broad SMARTS) is 1. The molecule has 3 heterocycles. The fraction of sp³-hybridized carbons (Fsp3) is 0.368. The Kier molecular flexibility index (Phi) is 6.06. The highest BCUT2D eigenvalue weighted by Crippen LogP contribution is 2.25. The van der Waals surface area contributed by atoms with E-state index < -0.39 is 11.9 Å². The van der Waals surface area contributed by atoms with Gasteiger partial charge in [0.15, 0.2) is 0 Å². The van der Waals surface area contributed by atoms with Gasteiger partial charge in [0.05, 0.1) is 22.7 Å². The number of aromatic nitrogens is 2. The number of aryl methyl sites for hydroxylation is 1. The molecule has 0 aromatic carbocycles. The molecule has 2 aromatic rings. The van der Waals surface area contributed by atoms with Gasteiger partial charge < -0.3 is 25.0 Å². The third-order valence-electron chi connectivity index (χ3n) is 4.94. The fourth-order valence-corrected chi connectivity index (χ4v) is 3.55. The number of amides is 1. The molecule has 3 N–H and O–H groups in total. The molecule has 0 spiro atoms. The Morgan fingerprint density at radius 1 is 1.52 bits per heavy atom. The molecule has 0 radical (unpaired) electrons. The molecule has 0 saturated carbocycles. The molecule has 1 aliphatic rings. The van der Waals surface area contributed by atoms with Crippen LogP contribution in [0.4, 0.5) is 5.82 Å². The van der Waals surface area contributed by atoms with Crippen molar-refractivity contribution in [2.75, 3.05) is 25.1 Å². The van der Waals surface area contributed by atoms with Gasteiger partial charge in [-0.25, -0.2) is 9.78 Å². The summed E-state index contributed by atoms with van der Waals surface area (Å²) in [6.45, 7) is 2.66. The number of carbonyl (C=O) groups is 2. The summed E-state index contributed by atoms with van der Waals surface area (Å²) in [5, 5.41) is 21.6. The number of pyridine rings is 1. The molecule has 1 amide bonds. The molecule has 0 aliphatic carbocycles. The lowest BCUT2D eigenvalue weighted by Crippen LogP contribution is -2.55. The zero-order valence-electron chi connectivity index (χ0n) is 15.9. The summed E-state index contributed by atoms with van der Waals surface area (Å²) in [5.41, 5.74) is 0.948.